The van der Waals surface area contributed by atoms with E-state index in [2.05, 4.69) is 61.3 Å². The van der Waals surface area contributed by atoms with E-state index >= 15 is 0 Å². The Labute approximate surface area is 174 Å². The van der Waals surface area contributed by atoms with E-state index in [1.807, 2.05) is 6.07 Å². The van der Waals surface area contributed by atoms with Gasteiger partial charge in [-0.05, 0) is 34.5 Å². The van der Waals surface area contributed by atoms with Gasteiger partial charge in [-0.2, -0.15) is 5.10 Å². The highest BCUT2D eigenvalue weighted by molar-refractivity contribution is 6.35. The summed E-state index contributed by atoms with van der Waals surface area (Å²) in [5, 5.41) is 10.7. The summed E-state index contributed by atoms with van der Waals surface area (Å²) >= 11 is 12.8. The summed E-state index contributed by atoms with van der Waals surface area (Å²) in [4.78, 5) is 0. The number of hydrogen-bond acceptors (Lipinski definition) is 3. The van der Waals surface area contributed by atoms with Crippen LogP contribution in [0.3, 0.4) is 0 Å². The van der Waals surface area contributed by atoms with Crippen molar-refractivity contribution in [1.82, 2.24) is 5.01 Å². The highest BCUT2D eigenvalue weighted by Crippen LogP contribution is 2.48. The second kappa shape index (κ2) is 6.68. The van der Waals surface area contributed by atoms with Gasteiger partial charge in [-0.1, -0.05) is 73.4 Å². The van der Waals surface area contributed by atoms with Gasteiger partial charge in [0.15, 0.2) is 6.23 Å². The van der Waals surface area contributed by atoms with Crippen molar-refractivity contribution in [2.45, 2.75) is 32.5 Å². The molecule has 2 aliphatic rings. The Bertz CT molecular complexity index is 1110. The van der Waals surface area contributed by atoms with E-state index in [1.54, 1.807) is 6.07 Å². The molecule has 0 spiro atoms. The molecule has 0 fully saturated rings. The van der Waals surface area contributed by atoms with Crippen LogP contribution in [0.5, 0.6) is 5.75 Å². The second-order valence-electron chi connectivity index (χ2n) is 7.77. The van der Waals surface area contributed by atoms with Crippen molar-refractivity contribution < 1.29 is 4.74 Å². The summed E-state index contributed by atoms with van der Waals surface area (Å²) in [6, 6.07) is 18.7. The molecular formula is C23H20Cl2N2O. The lowest BCUT2D eigenvalue weighted by atomic mass is 9.94. The fourth-order valence-corrected chi connectivity index (χ4v) is 4.68. The number of ether oxygens (including phenoxy) is 1. The Kier molecular flexibility index (Phi) is 4.26. The fourth-order valence-electron chi connectivity index (χ4n) is 4.13. The summed E-state index contributed by atoms with van der Waals surface area (Å²) in [7, 11) is 0. The molecule has 2 atom stereocenters. The van der Waals surface area contributed by atoms with Crippen molar-refractivity contribution in [3.63, 3.8) is 0 Å². The maximum atomic E-state index is 6.46. The van der Waals surface area contributed by atoms with Gasteiger partial charge in [-0.25, -0.2) is 5.01 Å². The van der Waals surface area contributed by atoms with E-state index in [-0.39, 0.29) is 18.2 Å². The summed E-state index contributed by atoms with van der Waals surface area (Å²) in [5.74, 6) is 1.00. The van der Waals surface area contributed by atoms with Gasteiger partial charge >= 0.3 is 0 Å². The van der Waals surface area contributed by atoms with Crippen molar-refractivity contribution in [2.75, 3.05) is 0 Å². The molecule has 28 heavy (non-hydrogen) atoms. The van der Waals surface area contributed by atoms with Crippen molar-refractivity contribution >= 4 is 39.7 Å². The normalized spacial score (nSPS) is 20.8. The molecule has 0 unspecified atom stereocenters. The van der Waals surface area contributed by atoms with Crippen LogP contribution in [0.2, 0.25) is 10.0 Å². The van der Waals surface area contributed by atoms with Gasteiger partial charge in [0.05, 0.1) is 16.8 Å². The molecule has 3 aromatic rings. The number of hydrazone groups is 1. The van der Waals surface area contributed by atoms with Crippen LogP contribution < -0.4 is 4.74 Å². The van der Waals surface area contributed by atoms with E-state index in [0.717, 1.165) is 29.0 Å². The third kappa shape index (κ3) is 2.85. The molecule has 0 saturated heterocycles. The van der Waals surface area contributed by atoms with Crippen LogP contribution in [-0.2, 0) is 0 Å². The third-order valence-electron chi connectivity index (χ3n) is 5.49. The molecule has 5 heteroatoms. The predicted molar refractivity (Wildman–Crippen MR) is 115 cm³/mol. The zero-order valence-corrected chi connectivity index (χ0v) is 17.2. The Balaban J connectivity index is 1.59. The van der Waals surface area contributed by atoms with Gasteiger partial charge in [-0.3, -0.25) is 0 Å². The maximum Gasteiger partial charge on any atom is 0.190 e. The van der Waals surface area contributed by atoms with Gasteiger partial charge < -0.3 is 4.74 Å². The predicted octanol–water partition coefficient (Wildman–Crippen LogP) is 6.67. The number of benzene rings is 3. The molecule has 2 aliphatic heterocycles. The van der Waals surface area contributed by atoms with Crippen LogP contribution in [0.4, 0.5) is 0 Å². The lowest BCUT2D eigenvalue weighted by Gasteiger charge is -2.40. The molecular weight excluding hydrogens is 391 g/mol. The van der Waals surface area contributed by atoms with E-state index in [9.17, 15) is 0 Å². The number of nitrogens with zero attached hydrogens (tertiary/aromatic N) is 2. The number of hydrogen-bond donors (Lipinski definition) is 0. The van der Waals surface area contributed by atoms with Gasteiger partial charge in [-0.15, -0.1) is 0 Å². The molecule has 0 radical (unpaired) electrons. The zero-order chi connectivity index (χ0) is 19.4. The Morgan fingerprint density at radius 3 is 2.61 bits per heavy atom. The van der Waals surface area contributed by atoms with Crippen molar-refractivity contribution in [2.24, 2.45) is 11.0 Å². The van der Waals surface area contributed by atoms with E-state index in [0.29, 0.717) is 10.0 Å². The smallest absolute Gasteiger partial charge is 0.190 e. The fraction of sp³-hybridized carbons (Fsp3) is 0.261. The van der Waals surface area contributed by atoms with E-state index in [1.165, 1.54) is 10.8 Å². The summed E-state index contributed by atoms with van der Waals surface area (Å²) in [5.41, 5.74) is 3.22. The first-order valence-electron chi connectivity index (χ1n) is 9.52. The number of fused-ring (bicyclic) bond motifs is 4. The average molecular weight is 411 g/mol. The molecule has 5 rings (SSSR count). The molecule has 0 N–H and O–H groups in total. The third-order valence-corrected chi connectivity index (χ3v) is 5.99. The highest BCUT2D eigenvalue weighted by Gasteiger charge is 2.42. The molecule has 3 nitrogen and oxygen atoms in total. The summed E-state index contributed by atoms with van der Waals surface area (Å²) in [6.07, 6.45) is 0.642. The molecule has 2 heterocycles. The lowest BCUT2D eigenvalue weighted by Crippen LogP contribution is -2.43. The van der Waals surface area contributed by atoms with Crippen LogP contribution in [0, 0.1) is 5.92 Å². The average Bonchev–Trinajstić information content (AvgIpc) is 3.12. The SMILES string of the molecule is CC(C)[C@H]1Oc2c(Cl)cc(Cl)cc2[C@H]2CC(c3ccc4ccccc4c3)=NN21. The minimum Gasteiger partial charge on any atom is -0.467 e. The lowest BCUT2D eigenvalue weighted by molar-refractivity contribution is -0.0460. The van der Waals surface area contributed by atoms with Gasteiger partial charge in [0.2, 0.25) is 0 Å². The van der Waals surface area contributed by atoms with Crippen LogP contribution in [0.1, 0.15) is 37.4 Å². The zero-order valence-electron chi connectivity index (χ0n) is 15.7. The molecule has 3 aromatic carbocycles. The molecule has 0 aromatic heterocycles. The molecule has 0 saturated carbocycles. The van der Waals surface area contributed by atoms with Crippen LogP contribution in [-0.4, -0.2) is 16.9 Å². The first-order valence-corrected chi connectivity index (χ1v) is 10.3. The van der Waals surface area contributed by atoms with E-state index < -0.39 is 0 Å². The van der Waals surface area contributed by atoms with Crippen molar-refractivity contribution in [3.8, 4) is 5.75 Å². The van der Waals surface area contributed by atoms with Crippen LogP contribution >= 0.6 is 23.2 Å². The minimum absolute atomic E-state index is 0.0776. The van der Waals surface area contributed by atoms with Crippen LogP contribution in [0.15, 0.2) is 59.7 Å². The Morgan fingerprint density at radius 2 is 1.82 bits per heavy atom. The molecule has 0 amide bonds. The standard InChI is InChI=1S/C23H20Cl2N2O/c1-13(2)23-27-21(18-10-17(24)11-19(25)22(18)28-23)12-20(26-27)16-8-7-14-5-3-4-6-15(14)9-16/h3-11,13,21,23H,12H2,1-2H3/t21-,23-/m1/s1. The van der Waals surface area contributed by atoms with Crippen LogP contribution in [0.25, 0.3) is 10.8 Å². The van der Waals surface area contributed by atoms with Crippen molar-refractivity contribution in [1.29, 1.82) is 0 Å². The highest BCUT2D eigenvalue weighted by atomic mass is 35.5. The minimum atomic E-state index is -0.158. The molecule has 142 valence electrons. The molecule has 0 aliphatic carbocycles. The van der Waals surface area contributed by atoms with Gasteiger partial charge in [0, 0.05) is 22.9 Å². The number of rotatable bonds is 2. The quantitative estimate of drug-likeness (QED) is 0.470. The summed E-state index contributed by atoms with van der Waals surface area (Å²) < 4.78 is 6.28. The summed E-state index contributed by atoms with van der Waals surface area (Å²) in [6.45, 7) is 4.28. The number of halogens is 2. The van der Waals surface area contributed by atoms with E-state index in [4.69, 9.17) is 33.0 Å². The first kappa shape index (κ1) is 17.8. The Morgan fingerprint density at radius 1 is 1.04 bits per heavy atom. The Hall–Kier alpha value is -2.23. The van der Waals surface area contributed by atoms with Gasteiger partial charge in [0.25, 0.3) is 0 Å². The monoisotopic (exact) mass is 410 g/mol. The first-order chi connectivity index (χ1) is 13.5. The topological polar surface area (TPSA) is 24.8 Å². The van der Waals surface area contributed by atoms with Crippen molar-refractivity contribution in [3.05, 3.63) is 75.8 Å². The largest absolute Gasteiger partial charge is 0.467 e. The molecule has 0 bridgehead atoms. The second-order valence-corrected chi connectivity index (χ2v) is 8.61. The maximum absolute atomic E-state index is 6.46. The van der Waals surface area contributed by atoms with Gasteiger partial charge in [0.1, 0.15) is 5.75 Å².